The average molecular weight is 466 g/mol. The van der Waals surface area contributed by atoms with Crippen molar-refractivity contribution in [3.8, 4) is 22.7 Å². The third-order valence-corrected chi connectivity index (χ3v) is 5.77. The summed E-state index contributed by atoms with van der Waals surface area (Å²) in [5, 5.41) is 5.46. The second-order valence-corrected chi connectivity index (χ2v) is 7.98. The molecule has 2 amide bonds. The first-order valence-electron chi connectivity index (χ1n) is 11.0. The Balaban J connectivity index is 1.44. The van der Waals surface area contributed by atoms with Gasteiger partial charge in [0, 0.05) is 35.9 Å². The summed E-state index contributed by atoms with van der Waals surface area (Å²) in [6.45, 7) is 0. The Labute approximate surface area is 201 Å². The highest BCUT2D eigenvalue weighted by atomic mass is 16.5. The first-order valence-corrected chi connectivity index (χ1v) is 11.0. The van der Waals surface area contributed by atoms with Crippen LogP contribution in [0.15, 0.2) is 91.3 Å². The van der Waals surface area contributed by atoms with Gasteiger partial charge in [-0.2, -0.15) is 5.10 Å². The first-order chi connectivity index (χ1) is 17.0. The van der Waals surface area contributed by atoms with Crippen molar-refractivity contribution < 1.29 is 14.3 Å². The quantitative estimate of drug-likeness (QED) is 0.382. The van der Waals surface area contributed by atoms with Gasteiger partial charge in [0.25, 0.3) is 11.8 Å². The van der Waals surface area contributed by atoms with E-state index in [1.165, 1.54) is 0 Å². The molecule has 0 fully saturated rings. The normalized spacial score (nSPS) is 10.8. The molecule has 0 saturated heterocycles. The molecule has 5 aromatic rings. The number of aromatic nitrogens is 3. The SMILES string of the molecule is COc1ccc(-c2nn(-c3ccccc3)cc2C(=O)NNC(=O)c2cn(C)c3ccccc23)cc1. The van der Waals surface area contributed by atoms with Crippen LogP contribution in [0.3, 0.4) is 0 Å². The molecular formula is C27H23N5O3. The van der Waals surface area contributed by atoms with E-state index in [0.717, 1.165) is 22.2 Å². The number of hydrogen-bond donors (Lipinski definition) is 2. The molecule has 0 unspecified atom stereocenters. The predicted molar refractivity (Wildman–Crippen MR) is 133 cm³/mol. The lowest BCUT2D eigenvalue weighted by Crippen LogP contribution is -2.41. The van der Waals surface area contributed by atoms with Crippen molar-refractivity contribution in [2.45, 2.75) is 0 Å². The number of hydrogen-bond acceptors (Lipinski definition) is 4. The van der Waals surface area contributed by atoms with Crippen molar-refractivity contribution in [2.75, 3.05) is 7.11 Å². The number of nitrogens with one attached hydrogen (secondary N) is 2. The number of nitrogens with zero attached hydrogens (tertiary/aromatic N) is 3. The van der Waals surface area contributed by atoms with E-state index in [2.05, 4.69) is 16.0 Å². The van der Waals surface area contributed by atoms with Gasteiger partial charge in [-0.05, 0) is 42.5 Å². The zero-order valence-electron chi connectivity index (χ0n) is 19.2. The van der Waals surface area contributed by atoms with E-state index in [-0.39, 0.29) is 0 Å². The van der Waals surface area contributed by atoms with E-state index in [0.29, 0.717) is 22.6 Å². The maximum absolute atomic E-state index is 13.2. The molecule has 5 rings (SSSR count). The molecule has 0 bridgehead atoms. The lowest BCUT2D eigenvalue weighted by atomic mass is 10.1. The molecule has 35 heavy (non-hydrogen) atoms. The van der Waals surface area contributed by atoms with Crippen LogP contribution in [0.1, 0.15) is 20.7 Å². The Morgan fingerprint density at radius 1 is 0.800 bits per heavy atom. The Hall–Kier alpha value is -4.85. The number of ether oxygens (including phenoxy) is 1. The molecule has 0 saturated carbocycles. The summed E-state index contributed by atoms with van der Waals surface area (Å²) in [5.74, 6) is -0.187. The Morgan fingerprint density at radius 3 is 2.17 bits per heavy atom. The minimum absolute atomic E-state index is 0.317. The molecule has 0 aliphatic heterocycles. The minimum Gasteiger partial charge on any atom is -0.497 e. The van der Waals surface area contributed by atoms with Crippen LogP contribution in [-0.4, -0.2) is 33.3 Å². The van der Waals surface area contributed by atoms with Crippen molar-refractivity contribution in [3.05, 3.63) is 102 Å². The molecule has 0 spiro atoms. The van der Waals surface area contributed by atoms with Gasteiger partial charge in [0.15, 0.2) is 0 Å². The molecule has 8 heteroatoms. The molecular weight excluding hydrogens is 442 g/mol. The number of hydrazine groups is 1. The topological polar surface area (TPSA) is 90.2 Å². The minimum atomic E-state index is -0.480. The number of benzene rings is 3. The highest BCUT2D eigenvalue weighted by Gasteiger charge is 2.20. The second kappa shape index (κ2) is 9.18. The fourth-order valence-electron chi connectivity index (χ4n) is 3.99. The van der Waals surface area contributed by atoms with Crippen LogP contribution in [0.25, 0.3) is 27.8 Å². The molecule has 0 aliphatic rings. The molecule has 0 radical (unpaired) electrons. The average Bonchev–Trinajstić information content (AvgIpc) is 3.50. The largest absolute Gasteiger partial charge is 0.497 e. The van der Waals surface area contributed by atoms with Crippen molar-refractivity contribution in [3.63, 3.8) is 0 Å². The van der Waals surface area contributed by atoms with E-state index < -0.39 is 11.8 Å². The van der Waals surface area contributed by atoms with Crippen LogP contribution in [0.5, 0.6) is 5.75 Å². The molecule has 174 valence electrons. The number of para-hydroxylation sites is 2. The third-order valence-electron chi connectivity index (χ3n) is 5.77. The smallest absolute Gasteiger partial charge is 0.273 e. The monoisotopic (exact) mass is 465 g/mol. The van der Waals surface area contributed by atoms with E-state index in [1.807, 2.05) is 78.3 Å². The molecule has 0 aliphatic carbocycles. The Bertz CT molecular complexity index is 1520. The van der Waals surface area contributed by atoms with E-state index in [9.17, 15) is 9.59 Å². The number of fused-ring (bicyclic) bond motifs is 1. The van der Waals surface area contributed by atoms with E-state index >= 15 is 0 Å². The maximum atomic E-state index is 13.2. The first kappa shape index (κ1) is 22.0. The van der Waals surface area contributed by atoms with Crippen molar-refractivity contribution in [2.24, 2.45) is 7.05 Å². The Kier molecular flexibility index (Phi) is 5.76. The van der Waals surface area contributed by atoms with Crippen molar-refractivity contribution in [1.82, 2.24) is 25.2 Å². The maximum Gasteiger partial charge on any atom is 0.273 e. The van der Waals surface area contributed by atoms with Crippen LogP contribution in [0, 0.1) is 0 Å². The summed E-state index contributed by atoms with van der Waals surface area (Å²) in [7, 11) is 3.47. The lowest BCUT2D eigenvalue weighted by molar-refractivity contribution is 0.0848. The van der Waals surface area contributed by atoms with E-state index in [1.54, 1.807) is 36.3 Å². The highest BCUT2D eigenvalue weighted by Crippen LogP contribution is 2.26. The summed E-state index contributed by atoms with van der Waals surface area (Å²) in [4.78, 5) is 26.1. The number of methoxy groups -OCH3 is 1. The fourth-order valence-corrected chi connectivity index (χ4v) is 3.99. The molecule has 2 N–H and O–H groups in total. The van der Waals surface area contributed by atoms with Crippen molar-refractivity contribution >= 4 is 22.7 Å². The third kappa shape index (κ3) is 4.24. The summed E-state index contributed by atoms with van der Waals surface area (Å²) >= 11 is 0. The fraction of sp³-hybridized carbons (Fsp3) is 0.0741. The molecule has 2 heterocycles. The second-order valence-electron chi connectivity index (χ2n) is 7.98. The highest BCUT2D eigenvalue weighted by molar-refractivity contribution is 6.08. The Morgan fingerprint density at radius 2 is 1.46 bits per heavy atom. The summed E-state index contributed by atoms with van der Waals surface area (Å²) in [5.41, 5.74) is 8.82. The number of amides is 2. The van der Waals surface area contributed by atoms with Gasteiger partial charge in [-0.3, -0.25) is 20.4 Å². The van der Waals surface area contributed by atoms with Gasteiger partial charge in [-0.1, -0.05) is 36.4 Å². The van der Waals surface area contributed by atoms with Crippen LogP contribution >= 0.6 is 0 Å². The van der Waals surface area contributed by atoms with Crippen LogP contribution < -0.4 is 15.6 Å². The predicted octanol–water partition coefficient (Wildman–Crippen LogP) is 4.11. The zero-order valence-corrected chi connectivity index (χ0v) is 19.2. The van der Waals surface area contributed by atoms with Gasteiger partial charge in [0.2, 0.25) is 0 Å². The van der Waals surface area contributed by atoms with Crippen LogP contribution in [0.2, 0.25) is 0 Å². The summed E-state index contributed by atoms with van der Waals surface area (Å²) in [6.07, 6.45) is 3.39. The van der Waals surface area contributed by atoms with Crippen LogP contribution in [0.4, 0.5) is 0 Å². The molecule has 2 aromatic heterocycles. The number of carbonyl (C=O) groups excluding carboxylic acids is 2. The lowest BCUT2D eigenvalue weighted by Gasteiger charge is -2.07. The summed E-state index contributed by atoms with van der Waals surface area (Å²) < 4.78 is 8.76. The van der Waals surface area contributed by atoms with Gasteiger partial charge in [-0.15, -0.1) is 0 Å². The number of rotatable bonds is 5. The number of carbonyl (C=O) groups is 2. The molecule has 8 nitrogen and oxygen atoms in total. The van der Waals surface area contributed by atoms with Gasteiger partial charge in [0.1, 0.15) is 11.4 Å². The van der Waals surface area contributed by atoms with Gasteiger partial charge >= 0.3 is 0 Å². The molecule has 3 aromatic carbocycles. The van der Waals surface area contributed by atoms with E-state index in [4.69, 9.17) is 4.74 Å². The molecule has 0 atom stereocenters. The standard InChI is InChI=1S/C27H23N5O3/c1-31-16-22(21-10-6-7-11-24(21)31)26(33)28-29-27(34)23-17-32(19-8-4-3-5-9-19)30-25(23)18-12-14-20(35-2)15-13-18/h3-17H,1-2H3,(H,28,33)(H,29,34). The van der Waals surface area contributed by atoms with Gasteiger partial charge in [0.05, 0.1) is 23.9 Å². The number of aryl methyl sites for hydroxylation is 1. The van der Waals surface area contributed by atoms with Gasteiger partial charge < -0.3 is 9.30 Å². The summed E-state index contributed by atoms with van der Waals surface area (Å²) in [6, 6.07) is 24.4. The van der Waals surface area contributed by atoms with Gasteiger partial charge in [-0.25, -0.2) is 4.68 Å². The zero-order chi connectivity index (χ0) is 24.4. The van der Waals surface area contributed by atoms with Crippen LogP contribution in [-0.2, 0) is 7.05 Å². The van der Waals surface area contributed by atoms with Crippen molar-refractivity contribution in [1.29, 1.82) is 0 Å².